The van der Waals surface area contributed by atoms with Gasteiger partial charge in [-0.3, -0.25) is 0 Å². The molecule has 0 aliphatic rings. The van der Waals surface area contributed by atoms with Crippen LogP contribution in [0.1, 0.15) is 40.5 Å². The first-order chi connectivity index (χ1) is 5.77. The standard InChI is InChI=1S/C11H23NO/c1-7-11(4,12(5)6)8-10(2,3)9-13/h9H,7-8H2,1-6H3. The maximum absolute atomic E-state index is 10.8. The third kappa shape index (κ3) is 3.47. The number of hydrogen-bond donors (Lipinski definition) is 0. The molecule has 2 heteroatoms. The average Bonchev–Trinajstić information content (AvgIpc) is 2.03. The molecule has 0 saturated heterocycles. The lowest BCUT2D eigenvalue weighted by Crippen LogP contribution is -2.44. The average molecular weight is 185 g/mol. The Labute approximate surface area is 82.3 Å². The van der Waals surface area contributed by atoms with Gasteiger partial charge in [0.25, 0.3) is 0 Å². The minimum absolute atomic E-state index is 0.129. The van der Waals surface area contributed by atoms with E-state index in [0.29, 0.717) is 0 Å². The molecule has 0 rings (SSSR count). The topological polar surface area (TPSA) is 20.3 Å². The molecule has 78 valence electrons. The summed E-state index contributed by atoms with van der Waals surface area (Å²) in [5, 5.41) is 0. The van der Waals surface area contributed by atoms with Gasteiger partial charge in [-0.25, -0.2) is 0 Å². The van der Waals surface area contributed by atoms with Crippen molar-refractivity contribution in [3.05, 3.63) is 0 Å². The summed E-state index contributed by atoms with van der Waals surface area (Å²) in [6.07, 6.45) is 3.04. The molecule has 0 aromatic heterocycles. The van der Waals surface area contributed by atoms with Gasteiger partial charge in [-0.05, 0) is 33.9 Å². The fourth-order valence-electron chi connectivity index (χ4n) is 1.62. The van der Waals surface area contributed by atoms with Crippen molar-refractivity contribution in [1.82, 2.24) is 4.90 Å². The van der Waals surface area contributed by atoms with E-state index in [1.54, 1.807) is 0 Å². The zero-order chi connectivity index (χ0) is 10.7. The smallest absolute Gasteiger partial charge is 0.125 e. The second kappa shape index (κ2) is 4.23. The van der Waals surface area contributed by atoms with E-state index in [9.17, 15) is 4.79 Å². The van der Waals surface area contributed by atoms with Gasteiger partial charge >= 0.3 is 0 Å². The molecule has 0 spiro atoms. The first kappa shape index (κ1) is 12.6. The Morgan fingerprint density at radius 3 is 1.92 bits per heavy atom. The summed E-state index contributed by atoms with van der Waals surface area (Å²) < 4.78 is 0. The molecule has 0 amide bonds. The van der Waals surface area contributed by atoms with Gasteiger partial charge in [0.1, 0.15) is 6.29 Å². The van der Waals surface area contributed by atoms with Crippen LogP contribution in [-0.2, 0) is 4.79 Å². The van der Waals surface area contributed by atoms with Gasteiger partial charge in [0.15, 0.2) is 0 Å². The molecular formula is C11H23NO. The van der Waals surface area contributed by atoms with E-state index in [2.05, 4.69) is 32.8 Å². The van der Waals surface area contributed by atoms with Gasteiger partial charge in [0.05, 0.1) is 0 Å². The molecule has 0 aromatic carbocycles. The minimum atomic E-state index is -0.213. The molecule has 0 heterocycles. The lowest BCUT2D eigenvalue weighted by Gasteiger charge is -2.39. The quantitative estimate of drug-likeness (QED) is 0.613. The summed E-state index contributed by atoms with van der Waals surface area (Å²) in [7, 11) is 4.15. The van der Waals surface area contributed by atoms with Crippen molar-refractivity contribution in [2.75, 3.05) is 14.1 Å². The van der Waals surface area contributed by atoms with E-state index >= 15 is 0 Å². The second-order valence-electron chi connectivity index (χ2n) is 5.03. The highest BCUT2D eigenvalue weighted by atomic mass is 16.1. The Balaban J connectivity index is 4.53. The highest BCUT2D eigenvalue weighted by molar-refractivity contribution is 5.58. The fourth-order valence-corrected chi connectivity index (χ4v) is 1.62. The van der Waals surface area contributed by atoms with Crippen LogP contribution in [0.5, 0.6) is 0 Å². The van der Waals surface area contributed by atoms with Gasteiger partial charge < -0.3 is 9.69 Å². The molecule has 0 radical (unpaired) electrons. The Bertz CT molecular complexity index is 175. The summed E-state index contributed by atoms with van der Waals surface area (Å²) in [6.45, 7) is 8.37. The van der Waals surface area contributed by atoms with Crippen LogP contribution in [0.4, 0.5) is 0 Å². The van der Waals surface area contributed by atoms with E-state index in [-0.39, 0.29) is 11.0 Å². The summed E-state index contributed by atoms with van der Waals surface area (Å²) in [5.74, 6) is 0. The summed E-state index contributed by atoms with van der Waals surface area (Å²) in [4.78, 5) is 13.0. The Kier molecular flexibility index (Phi) is 4.11. The minimum Gasteiger partial charge on any atom is -0.304 e. The van der Waals surface area contributed by atoms with Crippen molar-refractivity contribution >= 4 is 6.29 Å². The van der Waals surface area contributed by atoms with Crippen molar-refractivity contribution in [1.29, 1.82) is 0 Å². The highest BCUT2D eigenvalue weighted by Gasteiger charge is 2.32. The lowest BCUT2D eigenvalue weighted by atomic mass is 9.78. The zero-order valence-corrected chi connectivity index (χ0v) is 9.85. The van der Waals surface area contributed by atoms with E-state index < -0.39 is 0 Å². The monoisotopic (exact) mass is 185 g/mol. The molecule has 0 bridgehead atoms. The third-order valence-electron chi connectivity index (χ3n) is 3.00. The number of rotatable bonds is 5. The highest BCUT2D eigenvalue weighted by Crippen LogP contribution is 2.31. The molecule has 13 heavy (non-hydrogen) atoms. The number of carbonyl (C=O) groups is 1. The van der Waals surface area contributed by atoms with Crippen LogP contribution in [0.25, 0.3) is 0 Å². The fraction of sp³-hybridized carbons (Fsp3) is 0.909. The number of nitrogens with zero attached hydrogens (tertiary/aromatic N) is 1. The third-order valence-corrected chi connectivity index (χ3v) is 3.00. The van der Waals surface area contributed by atoms with Crippen LogP contribution in [-0.4, -0.2) is 30.8 Å². The molecule has 0 N–H and O–H groups in total. The lowest BCUT2D eigenvalue weighted by molar-refractivity contribution is -0.116. The molecule has 0 aliphatic carbocycles. The van der Waals surface area contributed by atoms with Crippen LogP contribution < -0.4 is 0 Å². The first-order valence-electron chi connectivity index (χ1n) is 4.91. The van der Waals surface area contributed by atoms with Crippen molar-refractivity contribution in [2.24, 2.45) is 5.41 Å². The summed E-state index contributed by atoms with van der Waals surface area (Å²) in [6, 6.07) is 0. The molecule has 0 aliphatic heterocycles. The maximum atomic E-state index is 10.8. The summed E-state index contributed by atoms with van der Waals surface area (Å²) >= 11 is 0. The van der Waals surface area contributed by atoms with E-state index in [0.717, 1.165) is 19.1 Å². The largest absolute Gasteiger partial charge is 0.304 e. The van der Waals surface area contributed by atoms with Crippen molar-refractivity contribution < 1.29 is 4.79 Å². The number of hydrogen-bond acceptors (Lipinski definition) is 2. The Morgan fingerprint density at radius 1 is 1.23 bits per heavy atom. The second-order valence-corrected chi connectivity index (χ2v) is 5.03. The molecule has 1 atom stereocenters. The van der Waals surface area contributed by atoms with Gasteiger partial charge in [-0.1, -0.05) is 20.8 Å². The normalized spacial score (nSPS) is 17.2. The van der Waals surface area contributed by atoms with Gasteiger partial charge in [0, 0.05) is 11.0 Å². The van der Waals surface area contributed by atoms with E-state index in [1.165, 1.54) is 0 Å². The molecule has 0 fully saturated rings. The molecule has 2 nitrogen and oxygen atoms in total. The SMILES string of the molecule is CCC(C)(CC(C)(C)C=O)N(C)C. The molecule has 1 unspecified atom stereocenters. The molecule has 0 aromatic rings. The van der Waals surface area contributed by atoms with Gasteiger partial charge in [-0.2, -0.15) is 0 Å². The van der Waals surface area contributed by atoms with E-state index in [1.807, 2.05) is 13.8 Å². The van der Waals surface area contributed by atoms with Crippen LogP contribution in [0.15, 0.2) is 0 Å². The van der Waals surface area contributed by atoms with Crippen LogP contribution in [0.2, 0.25) is 0 Å². The van der Waals surface area contributed by atoms with Crippen molar-refractivity contribution in [2.45, 2.75) is 46.1 Å². The maximum Gasteiger partial charge on any atom is 0.125 e. The van der Waals surface area contributed by atoms with Gasteiger partial charge in [0.2, 0.25) is 0 Å². The number of carbonyl (C=O) groups excluding carboxylic acids is 1. The van der Waals surface area contributed by atoms with Crippen molar-refractivity contribution in [3.63, 3.8) is 0 Å². The van der Waals surface area contributed by atoms with Crippen LogP contribution in [0, 0.1) is 5.41 Å². The summed E-state index contributed by atoms with van der Waals surface area (Å²) in [5.41, 5.74) is -0.0839. The Hall–Kier alpha value is -0.370. The molecular weight excluding hydrogens is 162 g/mol. The van der Waals surface area contributed by atoms with Crippen LogP contribution in [0.3, 0.4) is 0 Å². The van der Waals surface area contributed by atoms with E-state index in [4.69, 9.17) is 0 Å². The number of aldehydes is 1. The molecule has 0 saturated carbocycles. The predicted molar refractivity (Wildman–Crippen MR) is 56.8 cm³/mol. The Morgan fingerprint density at radius 2 is 1.69 bits per heavy atom. The zero-order valence-electron chi connectivity index (χ0n) is 9.85. The first-order valence-corrected chi connectivity index (χ1v) is 4.91. The van der Waals surface area contributed by atoms with Crippen molar-refractivity contribution in [3.8, 4) is 0 Å². The predicted octanol–water partition coefficient (Wildman–Crippen LogP) is 2.33. The van der Waals surface area contributed by atoms with Crippen LogP contribution >= 0.6 is 0 Å². The van der Waals surface area contributed by atoms with Gasteiger partial charge in [-0.15, -0.1) is 0 Å².